The zero-order valence-corrected chi connectivity index (χ0v) is 8.70. The summed E-state index contributed by atoms with van der Waals surface area (Å²) in [5.74, 6) is 1.89. The van der Waals surface area contributed by atoms with Crippen molar-refractivity contribution < 1.29 is 0 Å². The lowest BCUT2D eigenvalue weighted by atomic mass is 10.2. The Hall–Kier alpha value is -1.16. The fourth-order valence-corrected chi connectivity index (χ4v) is 1.79. The smallest absolute Gasteiger partial charge is 0.132 e. The largest absolute Gasteiger partial charge is 0.351 e. The third-order valence-electron chi connectivity index (χ3n) is 2.56. The van der Waals surface area contributed by atoms with Gasteiger partial charge in [0, 0.05) is 31.9 Å². The van der Waals surface area contributed by atoms with Gasteiger partial charge in [0.15, 0.2) is 0 Å². The van der Waals surface area contributed by atoms with Crippen LogP contribution >= 0.6 is 0 Å². The van der Waals surface area contributed by atoms with E-state index in [1.165, 1.54) is 0 Å². The molecule has 1 aliphatic rings. The van der Waals surface area contributed by atoms with Gasteiger partial charge in [-0.15, -0.1) is 0 Å². The van der Waals surface area contributed by atoms with Gasteiger partial charge in [0.25, 0.3) is 0 Å². The lowest BCUT2D eigenvalue weighted by molar-refractivity contribution is 0.496. The summed E-state index contributed by atoms with van der Waals surface area (Å²) >= 11 is 0. The molecule has 2 heterocycles. The number of nitrogens with one attached hydrogen (secondary N) is 1. The van der Waals surface area contributed by atoms with Crippen LogP contribution in [0.4, 0.5) is 5.82 Å². The van der Waals surface area contributed by atoms with E-state index in [0.717, 1.165) is 31.3 Å². The fraction of sp³-hybridized carbons (Fsp3) is 0.600. The van der Waals surface area contributed by atoms with Gasteiger partial charge < -0.3 is 10.2 Å². The van der Waals surface area contributed by atoms with Crippen LogP contribution in [0.15, 0.2) is 12.3 Å². The number of piperazine rings is 1. The number of rotatable bonds is 1. The van der Waals surface area contributed by atoms with E-state index in [9.17, 15) is 0 Å². The van der Waals surface area contributed by atoms with Crippen LogP contribution in [0.3, 0.4) is 0 Å². The predicted octanol–water partition coefficient (Wildman–Crippen LogP) is 0.583. The molecule has 0 unspecified atom stereocenters. The first-order valence-corrected chi connectivity index (χ1v) is 5.04. The Balaban J connectivity index is 2.20. The molecule has 1 fully saturated rings. The first-order valence-electron chi connectivity index (χ1n) is 5.04. The molecule has 4 nitrogen and oxygen atoms in total. The van der Waals surface area contributed by atoms with Gasteiger partial charge in [0.2, 0.25) is 0 Å². The van der Waals surface area contributed by atoms with Gasteiger partial charge in [-0.2, -0.15) is 0 Å². The van der Waals surface area contributed by atoms with Crippen LogP contribution in [-0.2, 0) is 0 Å². The molecule has 1 aliphatic heterocycles. The van der Waals surface area contributed by atoms with Gasteiger partial charge in [0.05, 0.1) is 0 Å². The quantitative estimate of drug-likeness (QED) is 0.707. The number of aryl methyl sites for hydroxylation is 1. The minimum Gasteiger partial charge on any atom is -0.351 e. The van der Waals surface area contributed by atoms with Gasteiger partial charge in [-0.1, -0.05) is 0 Å². The summed E-state index contributed by atoms with van der Waals surface area (Å²) in [6.07, 6.45) is 1.83. The number of anilines is 1. The third-order valence-corrected chi connectivity index (χ3v) is 2.56. The average molecular weight is 192 g/mol. The highest BCUT2D eigenvalue weighted by Gasteiger charge is 2.18. The molecule has 0 spiro atoms. The van der Waals surface area contributed by atoms with Crippen LogP contribution in [0.1, 0.15) is 12.7 Å². The second-order valence-corrected chi connectivity index (χ2v) is 3.71. The molecule has 0 radical (unpaired) electrons. The SMILES string of the molecule is Cc1nccc(N2CCNC[C@@H]2C)n1. The zero-order valence-electron chi connectivity index (χ0n) is 8.70. The zero-order chi connectivity index (χ0) is 9.97. The monoisotopic (exact) mass is 192 g/mol. The summed E-state index contributed by atoms with van der Waals surface area (Å²) in [4.78, 5) is 10.9. The van der Waals surface area contributed by atoms with Crippen LogP contribution in [0.5, 0.6) is 0 Å². The summed E-state index contributed by atoms with van der Waals surface area (Å²) < 4.78 is 0. The highest BCUT2D eigenvalue weighted by molar-refractivity contribution is 5.39. The number of aromatic nitrogens is 2. The maximum Gasteiger partial charge on any atom is 0.132 e. The van der Waals surface area contributed by atoms with Crippen LogP contribution in [0.25, 0.3) is 0 Å². The fourth-order valence-electron chi connectivity index (χ4n) is 1.79. The van der Waals surface area contributed by atoms with Gasteiger partial charge in [-0.25, -0.2) is 9.97 Å². The molecule has 14 heavy (non-hydrogen) atoms. The molecular weight excluding hydrogens is 176 g/mol. The minimum atomic E-state index is 0.512. The maximum atomic E-state index is 4.43. The van der Waals surface area contributed by atoms with Crippen molar-refractivity contribution in [2.45, 2.75) is 19.9 Å². The topological polar surface area (TPSA) is 41.1 Å². The Bertz CT molecular complexity index is 313. The van der Waals surface area contributed by atoms with Crippen LogP contribution < -0.4 is 10.2 Å². The molecular formula is C10H16N4. The van der Waals surface area contributed by atoms with Gasteiger partial charge in [0.1, 0.15) is 11.6 Å². The van der Waals surface area contributed by atoms with E-state index < -0.39 is 0 Å². The van der Waals surface area contributed by atoms with Crippen molar-refractivity contribution in [3.05, 3.63) is 18.1 Å². The Morgan fingerprint density at radius 2 is 2.43 bits per heavy atom. The Kier molecular flexibility index (Phi) is 2.63. The highest BCUT2D eigenvalue weighted by atomic mass is 15.3. The van der Waals surface area contributed by atoms with Crippen molar-refractivity contribution in [3.63, 3.8) is 0 Å². The molecule has 0 bridgehead atoms. The molecule has 1 saturated heterocycles. The molecule has 0 saturated carbocycles. The lowest BCUT2D eigenvalue weighted by Gasteiger charge is -2.34. The minimum absolute atomic E-state index is 0.512. The molecule has 2 rings (SSSR count). The van der Waals surface area contributed by atoms with Crippen molar-refractivity contribution in [3.8, 4) is 0 Å². The first-order chi connectivity index (χ1) is 6.77. The Morgan fingerprint density at radius 3 is 3.14 bits per heavy atom. The van der Waals surface area contributed by atoms with Crippen molar-refractivity contribution in [1.29, 1.82) is 0 Å². The summed E-state index contributed by atoms with van der Waals surface area (Å²) in [5, 5.41) is 3.36. The van der Waals surface area contributed by atoms with E-state index >= 15 is 0 Å². The molecule has 0 aromatic carbocycles. The van der Waals surface area contributed by atoms with Crippen molar-refractivity contribution in [1.82, 2.24) is 15.3 Å². The van der Waals surface area contributed by atoms with Crippen molar-refractivity contribution >= 4 is 5.82 Å². The molecule has 0 aliphatic carbocycles. The summed E-state index contributed by atoms with van der Waals surface area (Å²) in [6, 6.07) is 2.49. The van der Waals surface area contributed by atoms with Crippen molar-refractivity contribution in [2.75, 3.05) is 24.5 Å². The molecule has 1 aromatic heterocycles. The second kappa shape index (κ2) is 3.92. The Morgan fingerprint density at radius 1 is 1.57 bits per heavy atom. The van der Waals surface area contributed by atoms with Gasteiger partial charge >= 0.3 is 0 Å². The number of hydrogen-bond donors (Lipinski definition) is 1. The van der Waals surface area contributed by atoms with E-state index in [-0.39, 0.29) is 0 Å². The lowest BCUT2D eigenvalue weighted by Crippen LogP contribution is -2.50. The Labute approximate surface area is 84.4 Å². The number of nitrogens with zero attached hydrogens (tertiary/aromatic N) is 3. The first kappa shape index (κ1) is 9.40. The van der Waals surface area contributed by atoms with Crippen LogP contribution in [0, 0.1) is 6.92 Å². The molecule has 4 heteroatoms. The second-order valence-electron chi connectivity index (χ2n) is 3.71. The summed E-state index contributed by atoms with van der Waals surface area (Å²) in [6.45, 7) is 7.23. The molecule has 1 atom stereocenters. The van der Waals surface area contributed by atoms with E-state index in [1.807, 2.05) is 19.2 Å². The summed E-state index contributed by atoms with van der Waals surface area (Å²) in [5.41, 5.74) is 0. The van der Waals surface area contributed by atoms with E-state index in [0.29, 0.717) is 6.04 Å². The van der Waals surface area contributed by atoms with E-state index in [4.69, 9.17) is 0 Å². The molecule has 1 N–H and O–H groups in total. The summed E-state index contributed by atoms with van der Waals surface area (Å²) in [7, 11) is 0. The predicted molar refractivity (Wildman–Crippen MR) is 56.4 cm³/mol. The van der Waals surface area contributed by atoms with Crippen LogP contribution in [0.2, 0.25) is 0 Å². The third kappa shape index (κ3) is 1.85. The normalized spacial score (nSPS) is 22.4. The van der Waals surface area contributed by atoms with Crippen molar-refractivity contribution in [2.24, 2.45) is 0 Å². The highest BCUT2D eigenvalue weighted by Crippen LogP contribution is 2.14. The maximum absolute atomic E-state index is 4.43. The van der Waals surface area contributed by atoms with E-state index in [1.54, 1.807) is 0 Å². The number of hydrogen-bond acceptors (Lipinski definition) is 4. The molecule has 1 aromatic rings. The average Bonchev–Trinajstić information content (AvgIpc) is 2.18. The van der Waals surface area contributed by atoms with Gasteiger partial charge in [-0.05, 0) is 19.9 Å². The van der Waals surface area contributed by atoms with Gasteiger partial charge in [-0.3, -0.25) is 0 Å². The van der Waals surface area contributed by atoms with E-state index in [2.05, 4.69) is 27.1 Å². The molecule has 76 valence electrons. The molecule has 0 amide bonds. The standard InChI is InChI=1S/C10H16N4/c1-8-7-11-5-6-14(8)10-3-4-12-9(2)13-10/h3-4,8,11H,5-7H2,1-2H3/t8-/m0/s1. The van der Waals surface area contributed by atoms with Crippen LogP contribution in [-0.4, -0.2) is 35.6 Å².